The lowest BCUT2D eigenvalue weighted by molar-refractivity contribution is -0.143. The van der Waals surface area contributed by atoms with E-state index in [9.17, 15) is 4.79 Å². The van der Waals surface area contributed by atoms with Crippen LogP contribution in [0.15, 0.2) is 54.6 Å². The summed E-state index contributed by atoms with van der Waals surface area (Å²) in [4.78, 5) is 11.7. The van der Waals surface area contributed by atoms with Crippen molar-refractivity contribution in [3.05, 3.63) is 60.2 Å². The highest BCUT2D eigenvalue weighted by Gasteiger charge is 2.11. The molecule has 0 aliphatic carbocycles. The third kappa shape index (κ3) is 3.05. The number of thiol groups is 1. The van der Waals surface area contributed by atoms with Gasteiger partial charge in [0.15, 0.2) is 0 Å². The van der Waals surface area contributed by atoms with Gasteiger partial charge in [0.1, 0.15) is 6.61 Å². The van der Waals surface area contributed by atoms with Crippen LogP contribution < -0.4 is 0 Å². The molecule has 0 heterocycles. The largest absolute Gasteiger partial charge is 0.465 e. The number of hydrogen-bond acceptors (Lipinski definition) is 3. The molecule has 4 aromatic rings. The average molecular weight is 348 g/mol. The van der Waals surface area contributed by atoms with Gasteiger partial charge < -0.3 is 4.74 Å². The predicted octanol–water partition coefficient (Wildman–Crippen LogP) is 5.38. The standard InChI is InChI=1S/C22H20O2S/c23-20(24-13-14-25)6-2-3-15-7-8-18-10-9-16-4-1-5-17-11-12-19(15)22(18)21(16)17/h1,4-5,7-12,25H,2-3,6,13-14H2. The first-order chi connectivity index (χ1) is 12.3. The first-order valence-corrected chi connectivity index (χ1v) is 9.33. The molecule has 126 valence electrons. The van der Waals surface area contributed by atoms with Gasteiger partial charge in [-0.1, -0.05) is 54.6 Å². The van der Waals surface area contributed by atoms with Crippen molar-refractivity contribution >= 4 is 50.9 Å². The van der Waals surface area contributed by atoms with E-state index in [4.69, 9.17) is 4.74 Å². The van der Waals surface area contributed by atoms with E-state index in [1.807, 2.05) is 0 Å². The van der Waals surface area contributed by atoms with Gasteiger partial charge in [0.25, 0.3) is 0 Å². The van der Waals surface area contributed by atoms with E-state index in [1.54, 1.807) is 0 Å². The maximum absolute atomic E-state index is 11.7. The van der Waals surface area contributed by atoms with Crippen LogP contribution in [-0.4, -0.2) is 18.3 Å². The Morgan fingerprint density at radius 1 is 0.880 bits per heavy atom. The molecule has 0 unspecified atom stereocenters. The summed E-state index contributed by atoms with van der Waals surface area (Å²) in [7, 11) is 0. The van der Waals surface area contributed by atoms with Gasteiger partial charge in [-0.25, -0.2) is 0 Å². The number of esters is 1. The van der Waals surface area contributed by atoms with Crippen LogP contribution in [0.25, 0.3) is 32.3 Å². The molecule has 0 N–H and O–H groups in total. The molecule has 0 atom stereocenters. The highest BCUT2D eigenvalue weighted by atomic mass is 32.1. The molecular weight excluding hydrogens is 328 g/mol. The first-order valence-electron chi connectivity index (χ1n) is 8.70. The van der Waals surface area contributed by atoms with Gasteiger partial charge in [0, 0.05) is 12.2 Å². The van der Waals surface area contributed by atoms with Crippen molar-refractivity contribution < 1.29 is 9.53 Å². The summed E-state index contributed by atoms with van der Waals surface area (Å²) < 4.78 is 5.09. The van der Waals surface area contributed by atoms with Crippen molar-refractivity contribution in [3.8, 4) is 0 Å². The molecule has 4 aromatic carbocycles. The molecule has 0 aliphatic rings. The van der Waals surface area contributed by atoms with Gasteiger partial charge in [-0.05, 0) is 50.7 Å². The summed E-state index contributed by atoms with van der Waals surface area (Å²) in [5.74, 6) is 0.438. The summed E-state index contributed by atoms with van der Waals surface area (Å²) in [6, 6.07) is 19.7. The lowest BCUT2D eigenvalue weighted by Crippen LogP contribution is -2.06. The van der Waals surface area contributed by atoms with Gasteiger partial charge in [-0.3, -0.25) is 4.79 Å². The van der Waals surface area contributed by atoms with E-state index >= 15 is 0 Å². The summed E-state index contributed by atoms with van der Waals surface area (Å²) >= 11 is 4.05. The van der Waals surface area contributed by atoms with Crippen LogP contribution in [0.4, 0.5) is 0 Å². The van der Waals surface area contributed by atoms with Gasteiger partial charge in [-0.2, -0.15) is 12.6 Å². The van der Waals surface area contributed by atoms with Crippen LogP contribution in [-0.2, 0) is 16.0 Å². The van der Waals surface area contributed by atoms with Crippen molar-refractivity contribution in [1.29, 1.82) is 0 Å². The molecule has 25 heavy (non-hydrogen) atoms. The predicted molar refractivity (Wildman–Crippen MR) is 108 cm³/mol. The Morgan fingerprint density at radius 3 is 2.32 bits per heavy atom. The van der Waals surface area contributed by atoms with Crippen molar-refractivity contribution in [3.63, 3.8) is 0 Å². The van der Waals surface area contributed by atoms with Crippen molar-refractivity contribution in [2.75, 3.05) is 12.4 Å². The van der Waals surface area contributed by atoms with Crippen LogP contribution in [0.2, 0.25) is 0 Å². The number of benzene rings is 4. The summed E-state index contributed by atoms with van der Waals surface area (Å²) in [5, 5.41) is 7.81. The zero-order valence-corrected chi connectivity index (χ0v) is 14.9. The lowest BCUT2D eigenvalue weighted by Gasteiger charge is -2.13. The Kier molecular flexibility index (Phi) is 4.50. The maximum atomic E-state index is 11.7. The molecule has 3 heteroatoms. The van der Waals surface area contributed by atoms with E-state index in [2.05, 4.69) is 67.2 Å². The highest BCUT2D eigenvalue weighted by Crippen LogP contribution is 2.36. The van der Waals surface area contributed by atoms with Crippen molar-refractivity contribution in [2.24, 2.45) is 0 Å². The quantitative estimate of drug-likeness (QED) is 0.288. The zero-order valence-electron chi connectivity index (χ0n) is 14.0. The summed E-state index contributed by atoms with van der Waals surface area (Å²) in [6.45, 7) is 0.390. The van der Waals surface area contributed by atoms with E-state index in [0.29, 0.717) is 18.8 Å². The second-order valence-corrected chi connectivity index (χ2v) is 6.83. The number of hydrogen-bond donors (Lipinski definition) is 1. The molecule has 0 aromatic heterocycles. The monoisotopic (exact) mass is 348 g/mol. The third-order valence-corrected chi connectivity index (χ3v) is 4.98. The van der Waals surface area contributed by atoms with E-state index in [1.165, 1.54) is 37.9 Å². The van der Waals surface area contributed by atoms with E-state index in [-0.39, 0.29) is 5.97 Å². The summed E-state index contributed by atoms with van der Waals surface area (Å²) in [5.41, 5.74) is 1.30. The molecule has 0 saturated heterocycles. The highest BCUT2D eigenvalue weighted by molar-refractivity contribution is 7.80. The number of rotatable bonds is 6. The third-order valence-electron chi connectivity index (χ3n) is 4.80. The van der Waals surface area contributed by atoms with Crippen molar-refractivity contribution in [1.82, 2.24) is 0 Å². The molecule has 0 aliphatic heterocycles. The van der Waals surface area contributed by atoms with Gasteiger partial charge in [-0.15, -0.1) is 0 Å². The van der Waals surface area contributed by atoms with E-state index < -0.39 is 0 Å². The minimum absolute atomic E-state index is 0.133. The minimum Gasteiger partial charge on any atom is -0.465 e. The Morgan fingerprint density at radius 2 is 1.56 bits per heavy atom. The Bertz CT molecular complexity index is 1020. The fraction of sp³-hybridized carbons (Fsp3) is 0.227. The Labute approximate surface area is 152 Å². The van der Waals surface area contributed by atoms with Crippen LogP contribution in [0.3, 0.4) is 0 Å². The zero-order chi connectivity index (χ0) is 17.2. The molecule has 4 rings (SSSR count). The number of carbonyl (C=O) groups is 1. The second-order valence-electron chi connectivity index (χ2n) is 6.38. The summed E-state index contributed by atoms with van der Waals surface area (Å²) in [6.07, 6.45) is 2.13. The SMILES string of the molecule is O=C(CCCc1ccc2ccc3cccc4ccc1c2c34)OCCS. The molecule has 0 amide bonds. The normalized spacial score (nSPS) is 11.6. The molecule has 0 spiro atoms. The smallest absolute Gasteiger partial charge is 0.305 e. The average Bonchev–Trinajstić information content (AvgIpc) is 2.65. The Balaban J connectivity index is 1.67. The molecular formula is C22H20O2S. The molecule has 0 fully saturated rings. The van der Waals surface area contributed by atoms with Crippen LogP contribution >= 0.6 is 12.6 Å². The lowest BCUT2D eigenvalue weighted by atomic mass is 9.90. The molecule has 2 nitrogen and oxygen atoms in total. The maximum Gasteiger partial charge on any atom is 0.305 e. The Hall–Kier alpha value is -2.26. The number of carbonyl (C=O) groups excluding carboxylic acids is 1. The topological polar surface area (TPSA) is 26.3 Å². The van der Waals surface area contributed by atoms with Crippen LogP contribution in [0.1, 0.15) is 18.4 Å². The number of ether oxygens (including phenoxy) is 1. The number of aryl methyl sites for hydroxylation is 1. The minimum atomic E-state index is -0.133. The molecule has 0 radical (unpaired) electrons. The van der Waals surface area contributed by atoms with Crippen molar-refractivity contribution in [2.45, 2.75) is 19.3 Å². The van der Waals surface area contributed by atoms with Gasteiger partial charge in [0.2, 0.25) is 0 Å². The van der Waals surface area contributed by atoms with Gasteiger partial charge in [0.05, 0.1) is 0 Å². The van der Waals surface area contributed by atoms with Crippen LogP contribution in [0, 0.1) is 0 Å². The van der Waals surface area contributed by atoms with Gasteiger partial charge >= 0.3 is 5.97 Å². The van der Waals surface area contributed by atoms with E-state index in [0.717, 1.165) is 12.8 Å². The first kappa shape index (κ1) is 16.2. The van der Waals surface area contributed by atoms with Crippen LogP contribution in [0.5, 0.6) is 0 Å². The second kappa shape index (κ2) is 6.93. The molecule has 0 saturated carbocycles. The fourth-order valence-electron chi connectivity index (χ4n) is 3.67. The fourth-order valence-corrected chi connectivity index (χ4v) is 3.76. The molecule has 0 bridgehead atoms.